The van der Waals surface area contributed by atoms with E-state index in [2.05, 4.69) is 10.3 Å². The van der Waals surface area contributed by atoms with Gasteiger partial charge >= 0.3 is 12.2 Å². The summed E-state index contributed by atoms with van der Waals surface area (Å²) < 4.78 is 43.1. The monoisotopic (exact) mass is 380 g/mol. The van der Waals surface area contributed by atoms with Gasteiger partial charge in [0.15, 0.2) is 0 Å². The number of benzene rings is 1. The SMILES string of the molecule is COc1ccccc1NC(=O)N1CCN(c2ccc(C(F)(F)F)cn2)CC1. The Balaban J connectivity index is 1.57. The van der Waals surface area contributed by atoms with Crippen molar-refractivity contribution >= 4 is 17.5 Å². The number of nitrogens with one attached hydrogen (secondary N) is 1. The number of alkyl halides is 3. The highest BCUT2D eigenvalue weighted by Crippen LogP contribution is 2.29. The second-order valence-corrected chi connectivity index (χ2v) is 6.01. The van der Waals surface area contributed by atoms with Crippen molar-refractivity contribution in [3.63, 3.8) is 0 Å². The number of carbonyl (C=O) groups excluding carboxylic acids is 1. The summed E-state index contributed by atoms with van der Waals surface area (Å²) >= 11 is 0. The molecule has 144 valence electrons. The molecule has 2 heterocycles. The molecule has 2 amide bonds. The van der Waals surface area contributed by atoms with E-state index >= 15 is 0 Å². The predicted octanol–water partition coefficient (Wildman–Crippen LogP) is 3.46. The van der Waals surface area contributed by atoms with E-state index in [0.29, 0.717) is 43.4 Å². The van der Waals surface area contributed by atoms with Crippen LogP contribution >= 0.6 is 0 Å². The summed E-state index contributed by atoms with van der Waals surface area (Å²) in [7, 11) is 1.53. The summed E-state index contributed by atoms with van der Waals surface area (Å²) in [6, 6.07) is 9.23. The number of aromatic nitrogens is 1. The second kappa shape index (κ2) is 7.73. The Morgan fingerprint density at radius 2 is 1.81 bits per heavy atom. The van der Waals surface area contributed by atoms with Crippen LogP contribution in [0.4, 0.5) is 29.5 Å². The molecule has 3 rings (SSSR count). The lowest BCUT2D eigenvalue weighted by molar-refractivity contribution is -0.137. The number of hydrogen-bond donors (Lipinski definition) is 1. The van der Waals surface area contributed by atoms with Crippen LogP contribution in [-0.4, -0.2) is 49.2 Å². The first-order valence-electron chi connectivity index (χ1n) is 8.35. The van der Waals surface area contributed by atoms with Crippen LogP contribution in [0.3, 0.4) is 0 Å². The van der Waals surface area contributed by atoms with E-state index in [1.54, 1.807) is 23.1 Å². The van der Waals surface area contributed by atoms with Crippen molar-refractivity contribution in [3.05, 3.63) is 48.2 Å². The van der Waals surface area contributed by atoms with E-state index in [9.17, 15) is 18.0 Å². The Labute approximate surface area is 154 Å². The number of urea groups is 1. The van der Waals surface area contributed by atoms with E-state index < -0.39 is 11.7 Å². The summed E-state index contributed by atoms with van der Waals surface area (Å²) in [6.45, 7) is 1.84. The topological polar surface area (TPSA) is 57.7 Å². The number of para-hydroxylation sites is 2. The molecule has 1 saturated heterocycles. The van der Waals surface area contributed by atoms with E-state index in [-0.39, 0.29) is 6.03 Å². The molecule has 6 nitrogen and oxygen atoms in total. The zero-order valence-electron chi connectivity index (χ0n) is 14.7. The maximum atomic E-state index is 12.6. The molecule has 1 fully saturated rings. The Morgan fingerprint density at radius 3 is 2.41 bits per heavy atom. The lowest BCUT2D eigenvalue weighted by Crippen LogP contribution is -2.50. The molecule has 0 aliphatic carbocycles. The fourth-order valence-corrected chi connectivity index (χ4v) is 2.82. The van der Waals surface area contributed by atoms with Gasteiger partial charge in [0.25, 0.3) is 0 Å². The summed E-state index contributed by atoms with van der Waals surface area (Å²) in [6.07, 6.45) is -3.57. The number of hydrogen-bond acceptors (Lipinski definition) is 4. The van der Waals surface area contributed by atoms with Gasteiger partial charge in [0, 0.05) is 32.4 Å². The molecule has 0 radical (unpaired) electrons. The van der Waals surface area contributed by atoms with Crippen molar-refractivity contribution in [2.75, 3.05) is 43.5 Å². The maximum Gasteiger partial charge on any atom is 0.417 e. The molecule has 1 N–H and O–H groups in total. The third-order valence-electron chi connectivity index (χ3n) is 4.31. The quantitative estimate of drug-likeness (QED) is 0.886. The van der Waals surface area contributed by atoms with Crippen molar-refractivity contribution in [2.45, 2.75) is 6.18 Å². The highest BCUT2D eigenvalue weighted by atomic mass is 19.4. The van der Waals surface area contributed by atoms with Gasteiger partial charge in [-0.25, -0.2) is 9.78 Å². The van der Waals surface area contributed by atoms with Crippen molar-refractivity contribution < 1.29 is 22.7 Å². The highest BCUT2D eigenvalue weighted by Gasteiger charge is 2.31. The van der Waals surface area contributed by atoms with Crippen LogP contribution in [0, 0.1) is 0 Å². The molecule has 1 aromatic heterocycles. The minimum atomic E-state index is -4.40. The Hall–Kier alpha value is -2.97. The van der Waals surface area contributed by atoms with Crippen molar-refractivity contribution in [1.82, 2.24) is 9.88 Å². The molecule has 1 aromatic carbocycles. The van der Waals surface area contributed by atoms with Crippen molar-refractivity contribution in [3.8, 4) is 5.75 Å². The number of ether oxygens (including phenoxy) is 1. The minimum Gasteiger partial charge on any atom is -0.495 e. The molecule has 0 atom stereocenters. The number of rotatable bonds is 3. The standard InChI is InChI=1S/C18H19F3N4O2/c1-27-15-5-3-2-4-14(15)23-17(26)25-10-8-24(9-11-25)16-7-6-13(12-22-16)18(19,20)21/h2-7,12H,8-11H2,1H3,(H,23,26). The first-order valence-corrected chi connectivity index (χ1v) is 8.35. The summed E-state index contributed by atoms with van der Waals surface area (Å²) in [5.41, 5.74) is -0.196. The molecule has 27 heavy (non-hydrogen) atoms. The zero-order valence-corrected chi connectivity index (χ0v) is 14.7. The van der Waals surface area contributed by atoms with Crippen molar-refractivity contribution in [2.24, 2.45) is 0 Å². The van der Waals surface area contributed by atoms with Gasteiger partial charge < -0.3 is 19.9 Å². The fraction of sp³-hybridized carbons (Fsp3) is 0.333. The number of amides is 2. The van der Waals surface area contributed by atoms with Crippen LogP contribution < -0.4 is 15.0 Å². The smallest absolute Gasteiger partial charge is 0.417 e. The van der Waals surface area contributed by atoms with Gasteiger partial charge in [0.05, 0.1) is 18.4 Å². The van der Waals surface area contributed by atoms with Crippen LogP contribution in [0.15, 0.2) is 42.6 Å². The fourth-order valence-electron chi connectivity index (χ4n) is 2.82. The first-order chi connectivity index (χ1) is 12.9. The first kappa shape index (κ1) is 18.8. The highest BCUT2D eigenvalue weighted by molar-refractivity contribution is 5.91. The maximum absolute atomic E-state index is 12.6. The largest absolute Gasteiger partial charge is 0.495 e. The molecule has 9 heteroatoms. The average Bonchev–Trinajstić information content (AvgIpc) is 2.68. The van der Waals surface area contributed by atoms with Gasteiger partial charge in [0.1, 0.15) is 11.6 Å². The Morgan fingerprint density at radius 1 is 1.11 bits per heavy atom. The second-order valence-electron chi connectivity index (χ2n) is 6.01. The van der Waals surface area contributed by atoms with Crippen LogP contribution in [-0.2, 0) is 6.18 Å². The van der Waals surface area contributed by atoms with Crippen LogP contribution in [0.5, 0.6) is 5.75 Å². The van der Waals surface area contributed by atoms with Crippen LogP contribution in [0.25, 0.3) is 0 Å². The van der Waals surface area contributed by atoms with Gasteiger partial charge in [-0.05, 0) is 24.3 Å². The van der Waals surface area contributed by atoms with E-state index in [1.165, 1.54) is 13.2 Å². The summed E-state index contributed by atoms with van der Waals surface area (Å²) in [5, 5.41) is 2.81. The van der Waals surface area contributed by atoms with E-state index in [0.717, 1.165) is 12.3 Å². The number of carbonyl (C=O) groups is 1. The van der Waals surface area contributed by atoms with Crippen LogP contribution in [0.2, 0.25) is 0 Å². The number of anilines is 2. The molecule has 2 aromatic rings. The molecular formula is C18H19F3N4O2. The number of pyridine rings is 1. The molecular weight excluding hydrogens is 361 g/mol. The summed E-state index contributed by atoms with van der Waals surface area (Å²) in [5.74, 6) is 1.03. The van der Waals surface area contributed by atoms with Gasteiger partial charge in [-0.3, -0.25) is 0 Å². The predicted molar refractivity (Wildman–Crippen MR) is 95.0 cm³/mol. The van der Waals surface area contributed by atoms with E-state index in [1.807, 2.05) is 11.0 Å². The van der Waals surface area contributed by atoms with Crippen LogP contribution in [0.1, 0.15) is 5.56 Å². The number of piperazine rings is 1. The lowest BCUT2D eigenvalue weighted by atomic mass is 10.2. The number of methoxy groups -OCH3 is 1. The molecule has 1 aliphatic rings. The van der Waals surface area contributed by atoms with E-state index in [4.69, 9.17) is 4.74 Å². The number of nitrogens with zero attached hydrogens (tertiary/aromatic N) is 3. The average molecular weight is 380 g/mol. The zero-order chi connectivity index (χ0) is 19.4. The minimum absolute atomic E-state index is 0.250. The molecule has 0 spiro atoms. The molecule has 0 bridgehead atoms. The Bertz CT molecular complexity index is 788. The normalized spacial score (nSPS) is 14.8. The molecule has 0 saturated carbocycles. The van der Waals surface area contributed by atoms with Crippen molar-refractivity contribution in [1.29, 1.82) is 0 Å². The third kappa shape index (κ3) is 4.42. The van der Waals surface area contributed by atoms with Gasteiger partial charge in [-0.1, -0.05) is 12.1 Å². The summed E-state index contributed by atoms with van der Waals surface area (Å²) in [4.78, 5) is 19.8. The van der Waals surface area contributed by atoms with Gasteiger partial charge in [0.2, 0.25) is 0 Å². The lowest BCUT2D eigenvalue weighted by Gasteiger charge is -2.35. The Kier molecular flexibility index (Phi) is 5.38. The number of halogens is 3. The molecule has 0 unspecified atom stereocenters. The molecule has 1 aliphatic heterocycles. The van der Waals surface area contributed by atoms with Gasteiger partial charge in [-0.15, -0.1) is 0 Å². The third-order valence-corrected chi connectivity index (χ3v) is 4.31. The van der Waals surface area contributed by atoms with Gasteiger partial charge in [-0.2, -0.15) is 13.2 Å².